The minimum absolute atomic E-state index is 0.0744. The van der Waals surface area contributed by atoms with Crippen LogP contribution >= 0.6 is 0 Å². The molecular formula is C12H20N2O. The number of carbonyl (C=O) groups excluding carboxylic acids is 1. The Bertz CT molecular complexity index is 347. The van der Waals surface area contributed by atoms with Crippen molar-refractivity contribution in [3.05, 3.63) is 17.5 Å². The number of aromatic nitrogens is 2. The van der Waals surface area contributed by atoms with Crippen LogP contribution in [0.15, 0.2) is 6.20 Å². The third kappa shape index (κ3) is 2.46. The van der Waals surface area contributed by atoms with Crippen molar-refractivity contribution in [2.24, 2.45) is 0 Å². The molecule has 1 unspecified atom stereocenters. The summed E-state index contributed by atoms with van der Waals surface area (Å²) in [6.45, 7) is 10.4. The van der Waals surface area contributed by atoms with E-state index in [9.17, 15) is 4.79 Å². The Balaban J connectivity index is 3.17. The van der Waals surface area contributed by atoms with Crippen LogP contribution in [0.3, 0.4) is 0 Å². The van der Waals surface area contributed by atoms with E-state index in [1.807, 2.05) is 10.9 Å². The van der Waals surface area contributed by atoms with E-state index in [0.717, 1.165) is 18.4 Å². The fourth-order valence-electron chi connectivity index (χ4n) is 1.49. The van der Waals surface area contributed by atoms with E-state index in [1.165, 1.54) is 0 Å². The monoisotopic (exact) mass is 208 g/mol. The van der Waals surface area contributed by atoms with Crippen LogP contribution in [0.25, 0.3) is 0 Å². The second-order valence-corrected chi connectivity index (χ2v) is 5.04. The van der Waals surface area contributed by atoms with Gasteiger partial charge in [0.15, 0.2) is 6.29 Å². The highest BCUT2D eigenvalue weighted by molar-refractivity contribution is 5.76. The average molecular weight is 208 g/mol. The molecule has 0 aliphatic heterocycles. The van der Waals surface area contributed by atoms with E-state index >= 15 is 0 Å². The van der Waals surface area contributed by atoms with Crippen molar-refractivity contribution in [2.75, 3.05) is 0 Å². The number of hydrogen-bond donors (Lipinski definition) is 0. The highest BCUT2D eigenvalue weighted by Gasteiger charge is 2.22. The summed E-state index contributed by atoms with van der Waals surface area (Å²) >= 11 is 0. The maximum Gasteiger partial charge on any atom is 0.153 e. The molecule has 0 spiro atoms. The van der Waals surface area contributed by atoms with E-state index in [0.29, 0.717) is 11.6 Å². The van der Waals surface area contributed by atoms with E-state index in [-0.39, 0.29) is 5.41 Å². The molecule has 0 saturated carbocycles. The lowest BCUT2D eigenvalue weighted by Crippen LogP contribution is -2.15. The Morgan fingerprint density at radius 3 is 2.47 bits per heavy atom. The van der Waals surface area contributed by atoms with Crippen LogP contribution in [-0.2, 0) is 5.41 Å². The number of carbonyl (C=O) groups is 1. The third-order valence-corrected chi connectivity index (χ3v) is 2.64. The summed E-state index contributed by atoms with van der Waals surface area (Å²) in [5, 5.41) is 4.51. The van der Waals surface area contributed by atoms with Gasteiger partial charge in [-0.25, -0.2) is 0 Å². The minimum Gasteiger partial charge on any atom is -0.298 e. The normalized spacial score (nSPS) is 13.9. The first-order valence-electron chi connectivity index (χ1n) is 5.45. The smallest absolute Gasteiger partial charge is 0.153 e. The molecule has 15 heavy (non-hydrogen) atoms. The van der Waals surface area contributed by atoms with Crippen LogP contribution < -0.4 is 0 Å². The van der Waals surface area contributed by atoms with Gasteiger partial charge in [-0.05, 0) is 13.3 Å². The Morgan fingerprint density at radius 1 is 1.53 bits per heavy atom. The fraction of sp³-hybridized carbons (Fsp3) is 0.667. The molecule has 3 heteroatoms. The molecule has 0 aromatic carbocycles. The SMILES string of the molecule is CCC(C)n1cc(C=O)c(C(C)(C)C)n1. The standard InChI is InChI=1S/C12H20N2O/c1-6-9(2)14-7-10(8-15)11(13-14)12(3,4)5/h7-9H,6H2,1-5H3. The molecule has 0 saturated heterocycles. The third-order valence-electron chi connectivity index (χ3n) is 2.64. The molecule has 1 atom stereocenters. The second kappa shape index (κ2) is 4.17. The summed E-state index contributed by atoms with van der Waals surface area (Å²) in [6, 6.07) is 0.347. The highest BCUT2D eigenvalue weighted by atomic mass is 16.1. The Hall–Kier alpha value is -1.12. The predicted molar refractivity (Wildman–Crippen MR) is 61.3 cm³/mol. The van der Waals surface area contributed by atoms with Crippen LogP contribution in [0, 0.1) is 0 Å². The zero-order chi connectivity index (χ0) is 11.6. The van der Waals surface area contributed by atoms with Crippen molar-refractivity contribution in [1.82, 2.24) is 9.78 Å². The van der Waals surface area contributed by atoms with Crippen LogP contribution in [-0.4, -0.2) is 16.1 Å². The van der Waals surface area contributed by atoms with Crippen LogP contribution in [0.5, 0.6) is 0 Å². The summed E-state index contributed by atoms with van der Waals surface area (Å²) in [5.41, 5.74) is 1.52. The first kappa shape index (κ1) is 12.0. The first-order chi connectivity index (χ1) is 6.90. The van der Waals surface area contributed by atoms with Crippen molar-refractivity contribution in [2.45, 2.75) is 52.5 Å². The highest BCUT2D eigenvalue weighted by Crippen LogP contribution is 2.24. The summed E-state index contributed by atoms with van der Waals surface area (Å²) in [7, 11) is 0. The van der Waals surface area contributed by atoms with Crippen molar-refractivity contribution in [3.63, 3.8) is 0 Å². The average Bonchev–Trinajstić information content (AvgIpc) is 2.59. The van der Waals surface area contributed by atoms with Gasteiger partial charge in [-0.1, -0.05) is 27.7 Å². The van der Waals surface area contributed by atoms with Gasteiger partial charge in [0.25, 0.3) is 0 Å². The lowest BCUT2D eigenvalue weighted by Gasteiger charge is -2.16. The van der Waals surface area contributed by atoms with Crippen LogP contribution in [0.2, 0.25) is 0 Å². The van der Waals surface area contributed by atoms with Gasteiger partial charge in [0, 0.05) is 17.7 Å². The predicted octanol–water partition coefficient (Wildman–Crippen LogP) is 2.96. The van der Waals surface area contributed by atoms with E-state index < -0.39 is 0 Å². The molecule has 0 aliphatic carbocycles. The molecule has 0 amide bonds. The van der Waals surface area contributed by atoms with Gasteiger partial charge in [-0.3, -0.25) is 9.48 Å². The van der Waals surface area contributed by atoms with Crippen molar-refractivity contribution < 1.29 is 4.79 Å². The van der Waals surface area contributed by atoms with E-state index in [1.54, 1.807) is 0 Å². The van der Waals surface area contributed by atoms with Gasteiger partial charge in [-0.15, -0.1) is 0 Å². The van der Waals surface area contributed by atoms with Gasteiger partial charge < -0.3 is 0 Å². The number of rotatable bonds is 3. The summed E-state index contributed by atoms with van der Waals surface area (Å²) in [5.74, 6) is 0. The van der Waals surface area contributed by atoms with Crippen LogP contribution in [0.4, 0.5) is 0 Å². The number of nitrogens with zero attached hydrogens (tertiary/aromatic N) is 2. The number of hydrogen-bond acceptors (Lipinski definition) is 2. The molecule has 1 aromatic rings. The molecule has 0 aliphatic rings. The van der Waals surface area contributed by atoms with Gasteiger partial charge in [0.05, 0.1) is 11.3 Å². The summed E-state index contributed by atoms with van der Waals surface area (Å²) in [4.78, 5) is 10.9. The molecule has 0 N–H and O–H groups in total. The maximum atomic E-state index is 10.9. The lowest BCUT2D eigenvalue weighted by molar-refractivity contribution is 0.112. The number of aldehydes is 1. The van der Waals surface area contributed by atoms with Gasteiger partial charge in [0.2, 0.25) is 0 Å². The van der Waals surface area contributed by atoms with Crippen molar-refractivity contribution in [3.8, 4) is 0 Å². The Morgan fingerprint density at radius 2 is 2.13 bits per heavy atom. The molecule has 1 aromatic heterocycles. The van der Waals surface area contributed by atoms with Gasteiger partial charge in [-0.2, -0.15) is 5.10 Å². The van der Waals surface area contributed by atoms with Crippen LogP contribution in [0.1, 0.15) is 63.1 Å². The second-order valence-electron chi connectivity index (χ2n) is 5.04. The largest absolute Gasteiger partial charge is 0.298 e. The fourth-order valence-corrected chi connectivity index (χ4v) is 1.49. The maximum absolute atomic E-state index is 10.9. The molecular weight excluding hydrogens is 188 g/mol. The molecule has 84 valence electrons. The topological polar surface area (TPSA) is 34.9 Å². The van der Waals surface area contributed by atoms with Crippen molar-refractivity contribution >= 4 is 6.29 Å². The molecule has 1 heterocycles. The zero-order valence-corrected chi connectivity index (χ0v) is 10.2. The zero-order valence-electron chi connectivity index (χ0n) is 10.2. The summed E-state index contributed by atoms with van der Waals surface area (Å²) in [6.07, 6.45) is 3.76. The molecule has 3 nitrogen and oxygen atoms in total. The minimum atomic E-state index is -0.0744. The summed E-state index contributed by atoms with van der Waals surface area (Å²) < 4.78 is 1.89. The van der Waals surface area contributed by atoms with Crippen molar-refractivity contribution in [1.29, 1.82) is 0 Å². The van der Waals surface area contributed by atoms with E-state index in [4.69, 9.17) is 0 Å². The Kier molecular flexibility index (Phi) is 3.32. The molecule has 1 rings (SSSR count). The lowest BCUT2D eigenvalue weighted by atomic mass is 9.90. The van der Waals surface area contributed by atoms with Gasteiger partial charge >= 0.3 is 0 Å². The molecule has 0 bridgehead atoms. The van der Waals surface area contributed by atoms with Gasteiger partial charge in [0.1, 0.15) is 0 Å². The molecule has 0 radical (unpaired) electrons. The molecule has 0 fully saturated rings. The first-order valence-corrected chi connectivity index (χ1v) is 5.45. The quantitative estimate of drug-likeness (QED) is 0.716. The van der Waals surface area contributed by atoms with E-state index in [2.05, 4.69) is 39.7 Å². The Labute approximate surface area is 91.5 Å².